The van der Waals surface area contributed by atoms with E-state index in [4.69, 9.17) is 21.1 Å². The molecule has 0 radical (unpaired) electrons. The Kier molecular flexibility index (Phi) is 7.94. The van der Waals surface area contributed by atoms with Crippen LogP contribution in [0.5, 0.6) is 5.75 Å². The SMILES string of the molecule is CC(Oc1ccc(Cl)cc1)C(=O)OCC[N+](C)(C)C.[Cl-]. The Balaban J connectivity index is 0.00000361. The fourth-order valence-corrected chi connectivity index (χ4v) is 1.43. The van der Waals surface area contributed by atoms with Crippen LogP contribution in [0, 0.1) is 0 Å². The highest BCUT2D eigenvalue weighted by molar-refractivity contribution is 6.30. The average molecular weight is 322 g/mol. The van der Waals surface area contributed by atoms with Gasteiger partial charge in [-0.15, -0.1) is 0 Å². The van der Waals surface area contributed by atoms with E-state index in [1.165, 1.54) is 0 Å². The fraction of sp³-hybridized carbons (Fsp3) is 0.500. The molecule has 0 heterocycles. The van der Waals surface area contributed by atoms with Crippen molar-refractivity contribution >= 4 is 17.6 Å². The van der Waals surface area contributed by atoms with Gasteiger partial charge in [0.25, 0.3) is 0 Å². The summed E-state index contributed by atoms with van der Waals surface area (Å²) < 4.78 is 11.4. The Morgan fingerprint density at radius 3 is 2.30 bits per heavy atom. The third-order valence-electron chi connectivity index (χ3n) is 2.46. The molecule has 0 aliphatic heterocycles. The molecule has 1 atom stereocenters. The summed E-state index contributed by atoms with van der Waals surface area (Å²) in [5.74, 6) is 0.240. The molecule has 20 heavy (non-hydrogen) atoms. The summed E-state index contributed by atoms with van der Waals surface area (Å²) in [5, 5.41) is 0.630. The molecule has 0 fully saturated rings. The van der Waals surface area contributed by atoms with Crippen LogP contribution in [0.15, 0.2) is 24.3 Å². The third-order valence-corrected chi connectivity index (χ3v) is 2.72. The maximum Gasteiger partial charge on any atom is 0.347 e. The van der Waals surface area contributed by atoms with Crippen molar-refractivity contribution < 1.29 is 31.2 Å². The summed E-state index contributed by atoms with van der Waals surface area (Å²) >= 11 is 5.77. The number of hydrogen-bond acceptors (Lipinski definition) is 3. The number of carbonyl (C=O) groups is 1. The first-order chi connectivity index (χ1) is 8.78. The molecule has 1 aromatic carbocycles. The molecule has 0 aliphatic rings. The largest absolute Gasteiger partial charge is 1.00 e. The Morgan fingerprint density at radius 1 is 1.25 bits per heavy atom. The molecule has 0 bridgehead atoms. The van der Waals surface area contributed by atoms with Gasteiger partial charge in [-0.1, -0.05) is 11.6 Å². The van der Waals surface area contributed by atoms with Gasteiger partial charge < -0.3 is 26.4 Å². The second-order valence-electron chi connectivity index (χ2n) is 5.40. The summed E-state index contributed by atoms with van der Waals surface area (Å²) in [4.78, 5) is 11.7. The van der Waals surface area contributed by atoms with Gasteiger partial charge in [0.15, 0.2) is 6.10 Å². The Labute approximate surface area is 131 Å². The number of carbonyl (C=O) groups excluding carboxylic acids is 1. The minimum Gasteiger partial charge on any atom is -1.00 e. The molecular formula is C14H21Cl2NO3. The van der Waals surface area contributed by atoms with E-state index in [0.717, 1.165) is 11.0 Å². The third kappa shape index (κ3) is 7.58. The molecule has 0 aliphatic carbocycles. The zero-order chi connectivity index (χ0) is 14.5. The maximum absolute atomic E-state index is 11.7. The standard InChI is InChI=1S/C14H21ClNO3.ClH/c1-11(14(17)18-10-9-16(2,3)4)19-13-7-5-12(15)6-8-13;/h5-8,11H,9-10H2,1-4H3;1H/q+1;/p-1. The number of halogens is 2. The van der Waals surface area contributed by atoms with E-state index in [1.807, 2.05) is 21.1 Å². The van der Waals surface area contributed by atoms with E-state index in [0.29, 0.717) is 17.4 Å². The predicted molar refractivity (Wildman–Crippen MR) is 75.4 cm³/mol. The summed E-state index contributed by atoms with van der Waals surface area (Å²) in [6.07, 6.45) is -0.631. The van der Waals surface area contributed by atoms with Gasteiger partial charge in [0.05, 0.1) is 21.1 Å². The quantitative estimate of drug-likeness (QED) is 0.516. The Bertz CT molecular complexity index is 415. The number of nitrogens with zero attached hydrogens (tertiary/aromatic N) is 1. The Morgan fingerprint density at radius 2 is 1.80 bits per heavy atom. The lowest BCUT2D eigenvalue weighted by Crippen LogP contribution is -3.00. The monoisotopic (exact) mass is 321 g/mol. The lowest BCUT2D eigenvalue weighted by atomic mass is 10.3. The number of benzene rings is 1. The van der Waals surface area contributed by atoms with E-state index in [1.54, 1.807) is 31.2 Å². The zero-order valence-corrected chi connectivity index (χ0v) is 13.7. The summed E-state index contributed by atoms with van der Waals surface area (Å²) in [6, 6.07) is 6.87. The van der Waals surface area contributed by atoms with Gasteiger partial charge >= 0.3 is 5.97 Å². The van der Waals surface area contributed by atoms with Gasteiger partial charge in [-0.25, -0.2) is 4.79 Å². The highest BCUT2D eigenvalue weighted by atomic mass is 35.5. The number of ether oxygens (including phenoxy) is 2. The van der Waals surface area contributed by atoms with E-state index in [2.05, 4.69) is 0 Å². The van der Waals surface area contributed by atoms with Gasteiger partial charge in [0.2, 0.25) is 0 Å². The minimum absolute atomic E-state index is 0. The lowest BCUT2D eigenvalue weighted by molar-refractivity contribution is -0.870. The van der Waals surface area contributed by atoms with E-state index in [9.17, 15) is 4.79 Å². The highest BCUT2D eigenvalue weighted by Crippen LogP contribution is 2.17. The van der Waals surface area contributed by atoms with Crippen LogP contribution in [0.2, 0.25) is 5.02 Å². The topological polar surface area (TPSA) is 35.5 Å². The first-order valence-electron chi connectivity index (χ1n) is 6.17. The normalized spacial score (nSPS) is 12.2. The summed E-state index contributed by atoms with van der Waals surface area (Å²) in [5.41, 5.74) is 0. The Hall–Kier alpha value is -0.970. The first-order valence-corrected chi connectivity index (χ1v) is 6.55. The maximum atomic E-state index is 11.7. The molecule has 114 valence electrons. The highest BCUT2D eigenvalue weighted by Gasteiger charge is 2.17. The number of likely N-dealkylation sites (N-methyl/N-ethyl adjacent to an activating group) is 1. The minimum atomic E-state index is -0.631. The second kappa shape index (κ2) is 8.35. The first kappa shape index (κ1) is 19.0. The van der Waals surface area contributed by atoms with E-state index >= 15 is 0 Å². The molecule has 1 aromatic rings. The second-order valence-corrected chi connectivity index (χ2v) is 5.83. The zero-order valence-electron chi connectivity index (χ0n) is 12.2. The molecule has 0 N–H and O–H groups in total. The number of quaternary nitrogens is 1. The van der Waals surface area contributed by atoms with Crippen molar-refractivity contribution in [3.63, 3.8) is 0 Å². The van der Waals surface area contributed by atoms with Crippen LogP contribution in [0.25, 0.3) is 0 Å². The van der Waals surface area contributed by atoms with Gasteiger partial charge in [-0.2, -0.15) is 0 Å². The molecule has 0 aromatic heterocycles. The molecule has 1 rings (SSSR count). The van der Waals surface area contributed by atoms with Crippen molar-refractivity contribution in [1.82, 2.24) is 0 Å². The van der Waals surface area contributed by atoms with Gasteiger partial charge in [-0.05, 0) is 31.2 Å². The number of hydrogen-bond donors (Lipinski definition) is 0. The van der Waals surface area contributed by atoms with Crippen molar-refractivity contribution in [2.45, 2.75) is 13.0 Å². The van der Waals surface area contributed by atoms with Crippen molar-refractivity contribution in [2.24, 2.45) is 0 Å². The summed E-state index contributed by atoms with van der Waals surface area (Å²) in [6.45, 7) is 2.82. The fourth-order valence-electron chi connectivity index (χ4n) is 1.30. The van der Waals surface area contributed by atoms with Crippen LogP contribution in [-0.4, -0.2) is 50.9 Å². The molecule has 6 heteroatoms. The number of esters is 1. The van der Waals surface area contributed by atoms with Crippen LogP contribution in [-0.2, 0) is 9.53 Å². The number of rotatable bonds is 6. The van der Waals surface area contributed by atoms with Gasteiger partial charge in [0.1, 0.15) is 18.9 Å². The molecule has 0 spiro atoms. The van der Waals surface area contributed by atoms with Gasteiger partial charge in [0, 0.05) is 5.02 Å². The van der Waals surface area contributed by atoms with Crippen molar-refractivity contribution in [1.29, 1.82) is 0 Å². The van der Waals surface area contributed by atoms with E-state index < -0.39 is 6.10 Å². The molecule has 0 amide bonds. The molecule has 0 saturated heterocycles. The van der Waals surface area contributed by atoms with Gasteiger partial charge in [-0.3, -0.25) is 0 Å². The van der Waals surface area contributed by atoms with Crippen LogP contribution in [0.4, 0.5) is 0 Å². The van der Waals surface area contributed by atoms with E-state index in [-0.39, 0.29) is 18.4 Å². The van der Waals surface area contributed by atoms with Crippen LogP contribution >= 0.6 is 11.6 Å². The van der Waals surface area contributed by atoms with Crippen LogP contribution in [0.1, 0.15) is 6.92 Å². The molecule has 1 unspecified atom stereocenters. The molecule has 4 nitrogen and oxygen atoms in total. The van der Waals surface area contributed by atoms with Crippen molar-refractivity contribution in [2.75, 3.05) is 34.3 Å². The van der Waals surface area contributed by atoms with Crippen molar-refractivity contribution in [3.05, 3.63) is 29.3 Å². The van der Waals surface area contributed by atoms with Crippen molar-refractivity contribution in [3.8, 4) is 5.75 Å². The average Bonchev–Trinajstić information content (AvgIpc) is 2.30. The smallest absolute Gasteiger partial charge is 0.347 e. The predicted octanol–water partition coefficient (Wildman–Crippen LogP) is -0.639. The van der Waals surface area contributed by atoms with Crippen LogP contribution < -0.4 is 17.1 Å². The molecular weight excluding hydrogens is 301 g/mol. The lowest BCUT2D eigenvalue weighted by Gasteiger charge is -2.23. The molecule has 0 saturated carbocycles. The van der Waals surface area contributed by atoms with Crippen LogP contribution in [0.3, 0.4) is 0 Å². The summed E-state index contributed by atoms with van der Waals surface area (Å²) in [7, 11) is 6.13.